The fraction of sp³-hybridized carbons (Fsp3) is 0. The summed E-state index contributed by atoms with van der Waals surface area (Å²) in [7, 11) is 0. The summed E-state index contributed by atoms with van der Waals surface area (Å²) in [6, 6.07) is 19.8. The molecule has 28 heavy (non-hydrogen) atoms. The van der Waals surface area contributed by atoms with E-state index in [1.807, 2.05) is 30.3 Å². The van der Waals surface area contributed by atoms with Gasteiger partial charge < -0.3 is 0 Å². The molecule has 0 aliphatic carbocycles. The lowest BCUT2D eigenvalue weighted by Crippen LogP contribution is -2.40. The highest BCUT2D eigenvalue weighted by Gasteiger charge is 2.34. The fourth-order valence-electron chi connectivity index (χ4n) is 3.73. The van der Waals surface area contributed by atoms with Crippen LogP contribution in [0.1, 0.15) is 20.7 Å². The maximum Gasteiger partial charge on any atom is 0.265 e. The second-order valence-corrected chi connectivity index (χ2v) is 6.99. The van der Waals surface area contributed by atoms with E-state index >= 15 is 0 Å². The van der Waals surface area contributed by atoms with Crippen molar-refractivity contribution in [2.75, 3.05) is 4.90 Å². The Bertz CT molecular complexity index is 1250. The molecule has 4 aromatic rings. The molecule has 0 saturated carbocycles. The van der Waals surface area contributed by atoms with Gasteiger partial charge in [0, 0.05) is 33.9 Å². The molecule has 0 spiro atoms. The Labute approximate surface area is 166 Å². The van der Waals surface area contributed by atoms with E-state index in [4.69, 9.17) is 11.6 Å². The van der Waals surface area contributed by atoms with Crippen LogP contribution in [0.2, 0.25) is 5.02 Å². The summed E-state index contributed by atoms with van der Waals surface area (Å²) in [6.07, 6.45) is 3.45. The third-order valence-electron chi connectivity index (χ3n) is 4.97. The molecule has 0 fully saturated rings. The lowest BCUT2D eigenvalue weighted by molar-refractivity contribution is 0.0893. The molecule has 0 radical (unpaired) electrons. The van der Waals surface area contributed by atoms with Crippen LogP contribution in [-0.2, 0) is 0 Å². The normalized spacial score (nSPS) is 13.2. The fourth-order valence-corrected chi connectivity index (χ4v) is 3.91. The van der Waals surface area contributed by atoms with E-state index in [9.17, 15) is 9.59 Å². The molecule has 5 heteroatoms. The van der Waals surface area contributed by atoms with Crippen molar-refractivity contribution in [1.82, 2.24) is 4.98 Å². The van der Waals surface area contributed by atoms with Crippen LogP contribution in [0.4, 0.5) is 5.69 Å². The number of benzene rings is 3. The molecule has 0 saturated heterocycles. The quantitative estimate of drug-likeness (QED) is 0.437. The van der Waals surface area contributed by atoms with E-state index in [1.165, 1.54) is 4.90 Å². The maximum atomic E-state index is 13.2. The first-order chi connectivity index (χ1) is 13.6. The van der Waals surface area contributed by atoms with Crippen LogP contribution in [0, 0.1) is 0 Å². The number of hydrogen-bond donors (Lipinski definition) is 0. The number of pyridine rings is 1. The van der Waals surface area contributed by atoms with Crippen LogP contribution in [-0.4, -0.2) is 16.8 Å². The SMILES string of the molecule is O=C1c2cccc3c(-c4ccncc4)ccc(c23)C(=O)N1c1cccc(Cl)c1. The number of hydrogen-bond acceptors (Lipinski definition) is 3. The Morgan fingerprint density at radius 1 is 0.750 bits per heavy atom. The van der Waals surface area contributed by atoms with Crippen LogP contribution in [0.25, 0.3) is 21.9 Å². The van der Waals surface area contributed by atoms with Crippen molar-refractivity contribution in [3.8, 4) is 11.1 Å². The van der Waals surface area contributed by atoms with Gasteiger partial charge in [-0.25, -0.2) is 4.90 Å². The van der Waals surface area contributed by atoms with E-state index < -0.39 is 0 Å². The lowest BCUT2D eigenvalue weighted by Gasteiger charge is -2.28. The van der Waals surface area contributed by atoms with E-state index in [1.54, 1.807) is 48.8 Å². The number of nitrogens with zero attached hydrogens (tertiary/aromatic N) is 2. The summed E-state index contributed by atoms with van der Waals surface area (Å²) >= 11 is 6.07. The van der Waals surface area contributed by atoms with Gasteiger partial charge in [-0.2, -0.15) is 0 Å². The molecule has 1 aliphatic rings. The smallest absolute Gasteiger partial charge is 0.265 e. The molecule has 134 valence electrons. The highest BCUT2D eigenvalue weighted by molar-refractivity contribution is 6.37. The molecule has 1 aliphatic heterocycles. The number of imide groups is 1. The Morgan fingerprint density at radius 2 is 1.43 bits per heavy atom. The van der Waals surface area contributed by atoms with Crippen molar-refractivity contribution < 1.29 is 9.59 Å². The summed E-state index contributed by atoms with van der Waals surface area (Å²) in [6.45, 7) is 0. The standard InChI is InChI=1S/C23H13ClN2O2/c24-15-3-1-4-16(13-15)26-22(27)19-6-2-5-18-17(14-9-11-25-12-10-14)7-8-20(21(18)19)23(26)28/h1-13H. The van der Waals surface area contributed by atoms with Crippen LogP contribution < -0.4 is 4.90 Å². The molecule has 4 nitrogen and oxygen atoms in total. The minimum Gasteiger partial charge on any atom is -0.268 e. The molecular formula is C23H13ClN2O2. The topological polar surface area (TPSA) is 50.3 Å². The maximum absolute atomic E-state index is 13.2. The van der Waals surface area contributed by atoms with Gasteiger partial charge in [-0.3, -0.25) is 14.6 Å². The third kappa shape index (κ3) is 2.42. The van der Waals surface area contributed by atoms with Gasteiger partial charge in [-0.05, 0) is 59.0 Å². The highest BCUT2D eigenvalue weighted by atomic mass is 35.5. The Hall–Kier alpha value is -3.50. The lowest BCUT2D eigenvalue weighted by atomic mass is 9.89. The molecule has 1 aromatic heterocycles. The van der Waals surface area contributed by atoms with Crippen molar-refractivity contribution in [3.05, 3.63) is 95.3 Å². The first kappa shape index (κ1) is 16.7. The predicted molar refractivity (Wildman–Crippen MR) is 110 cm³/mol. The van der Waals surface area contributed by atoms with Gasteiger partial charge in [0.05, 0.1) is 5.69 Å². The zero-order chi connectivity index (χ0) is 19.3. The average Bonchev–Trinajstić information content (AvgIpc) is 2.72. The minimum atomic E-state index is -0.350. The number of halogens is 1. The molecule has 2 amide bonds. The molecular weight excluding hydrogens is 372 g/mol. The Kier molecular flexibility index (Phi) is 3.74. The zero-order valence-corrected chi connectivity index (χ0v) is 15.4. The van der Waals surface area contributed by atoms with E-state index in [0.717, 1.165) is 16.5 Å². The van der Waals surface area contributed by atoms with Crippen molar-refractivity contribution in [2.24, 2.45) is 0 Å². The van der Waals surface area contributed by atoms with E-state index in [-0.39, 0.29) is 11.8 Å². The monoisotopic (exact) mass is 384 g/mol. The Balaban J connectivity index is 1.76. The number of anilines is 1. The third-order valence-corrected chi connectivity index (χ3v) is 5.20. The Morgan fingerprint density at radius 3 is 2.18 bits per heavy atom. The summed E-state index contributed by atoms with van der Waals surface area (Å²) in [5, 5.41) is 2.02. The minimum absolute atomic E-state index is 0.350. The second kappa shape index (κ2) is 6.29. The molecule has 0 atom stereocenters. The average molecular weight is 385 g/mol. The molecule has 0 bridgehead atoms. The van der Waals surface area contributed by atoms with Crippen molar-refractivity contribution in [1.29, 1.82) is 0 Å². The van der Waals surface area contributed by atoms with Gasteiger partial charge in [0.15, 0.2) is 0 Å². The summed E-state index contributed by atoms with van der Waals surface area (Å²) in [4.78, 5) is 31.7. The summed E-state index contributed by atoms with van der Waals surface area (Å²) in [5.74, 6) is -0.700. The predicted octanol–water partition coefficient (Wildman–Crippen LogP) is 5.36. The van der Waals surface area contributed by atoms with Gasteiger partial charge in [0.25, 0.3) is 11.8 Å². The molecule has 3 aromatic carbocycles. The molecule has 2 heterocycles. The number of aromatic nitrogens is 1. The highest BCUT2D eigenvalue weighted by Crippen LogP contribution is 2.37. The van der Waals surface area contributed by atoms with Crippen LogP contribution in [0.3, 0.4) is 0 Å². The van der Waals surface area contributed by atoms with Gasteiger partial charge in [-0.15, -0.1) is 0 Å². The largest absolute Gasteiger partial charge is 0.268 e. The number of carbonyl (C=O) groups is 2. The van der Waals surface area contributed by atoms with Crippen molar-refractivity contribution >= 4 is 39.9 Å². The van der Waals surface area contributed by atoms with Gasteiger partial charge in [-0.1, -0.05) is 35.9 Å². The van der Waals surface area contributed by atoms with Crippen molar-refractivity contribution in [3.63, 3.8) is 0 Å². The van der Waals surface area contributed by atoms with E-state index in [2.05, 4.69) is 4.98 Å². The number of amides is 2. The van der Waals surface area contributed by atoms with E-state index in [0.29, 0.717) is 27.2 Å². The molecule has 5 rings (SSSR count). The van der Waals surface area contributed by atoms with Crippen LogP contribution in [0.5, 0.6) is 0 Å². The first-order valence-corrected chi connectivity index (χ1v) is 9.13. The second-order valence-electron chi connectivity index (χ2n) is 6.55. The first-order valence-electron chi connectivity index (χ1n) is 8.75. The van der Waals surface area contributed by atoms with Crippen LogP contribution >= 0.6 is 11.6 Å². The van der Waals surface area contributed by atoms with Gasteiger partial charge in [0.1, 0.15) is 0 Å². The number of carbonyl (C=O) groups excluding carboxylic acids is 2. The molecule has 0 N–H and O–H groups in total. The summed E-state index contributed by atoms with van der Waals surface area (Å²) in [5.41, 5.74) is 3.41. The van der Waals surface area contributed by atoms with Gasteiger partial charge in [0.2, 0.25) is 0 Å². The zero-order valence-electron chi connectivity index (χ0n) is 14.6. The summed E-state index contributed by atoms with van der Waals surface area (Å²) < 4.78 is 0. The van der Waals surface area contributed by atoms with Gasteiger partial charge >= 0.3 is 0 Å². The molecule has 0 unspecified atom stereocenters. The van der Waals surface area contributed by atoms with Crippen molar-refractivity contribution in [2.45, 2.75) is 0 Å². The number of rotatable bonds is 2. The van der Waals surface area contributed by atoms with Crippen LogP contribution in [0.15, 0.2) is 79.1 Å².